The highest BCUT2D eigenvalue weighted by atomic mass is 32.1. The van der Waals surface area contributed by atoms with E-state index < -0.39 is 0 Å². The molecule has 1 heterocycles. The number of ketones is 1. The molecule has 1 aliphatic rings. The Morgan fingerprint density at radius 2 is 2.00 bits per heavy atom. The Labute approximate surface area is 118 Å². The number of carbonyl (C=O) groups is 2. The number of hydrogen-bond acceptors (Lipinski definition) is 3. The number of Topliss-reactive ketones (excluding diaryl/α,β-unsaturated/α-hetero) is 1. The van der Waals surface area contributed by atoms with E-state index in [2.05, 4.69) is 5.32 Å². The van der Waals surface area contributed by atoms with Crippen LogP contribution in [0.3, 0.4) is 0 Å². The average Bonchev–Trinajstić information content (AvgIpc) is 2.67. The van der Waals surface area contributed by atoms with Crippen LogP contribution < -0.4 is 5.32 Å². The van der Waals surface area contributed by atoms with Gasteiger partial charge in [-0.1, -0.05) is 20.3 Å². The van der Waals surface area contributed by atoms with Crippen molar-refractivity contribution in [1.82, 2.24) is 5.32 Å². The largest absolute Gasteiger partial charge is 0.344 e. The summed E-state index contributed by atoms with van der Waals surface area (Å²) in [5.74, 6) is -0.0566. The lowest BCUT2D eigenvalue weighted by Crippen LogP contribution is -2.31. The molecule has 0 aromatic carbocycles. The van der Waals surface area contributed by atoms with E-state index >= 15 is 0 Å². The first-order valence-electron chi connectivity index (χ1n) is 7.00. The van der Waals surface area contributed by atoms with E-state index in [0.717, 1.165) is 17.7 Å². The van der Waals surface area contributed by atoms with Crippen molar-refractivity contribution in [3.8, 4) is 0 Å². The maximum absolute atomic E-state index is 12.0. The molecule has 1 amide bonds. The summed E-state index contributed by atoms with van der Waals surface area (Å²) in [5.41, 5.74) is 1.34. The van der Waals surface area contributed by atoms with Gasteiger partial charge in [-0.15, -0.1) is 11.3 Å². The van der Waals surface area contributed by atoms with Crippen LogP contribution in [0.2, 0.25) is 0 Å². The standard InChI is InChI=1S/C15H21NO2S/c1-10(2)12(17)9-16-15(18)14-8-11-6-4-3-5-7-13(11)19-14/h8,10H,3-7,9H2,1-2H3,(H,16,18). The minimum Gasteiger partial charge on any atom is -0.344 e. The maximum atomic E-state index is 12.0. The van der Waals surface area contributed by atoms with Gasteiger partial charge in [0.25, 0.3) is 5.91 Å². The molecule has 4 heteroatoms. The van der Waals surface area contributed by atoms with Crippen LogP contribution in [0.25, 0.3) is 0 Å². The molecule has 1 aromatic rings. The van der Waals surface area contributed by atoms with Gasteiger partial charge < -0.3 is 5.32 Å². The monoisotopic (exact) mass is 279 g/mol. The number of thiophene rings is 1. The Morgan fingerprint density at radius 3 is 2.74 bits per heavy atom. The molecule has 0 atom stereocenters. The predicted molar refractivity (Wildman–Crippen MR) is 77.8 cm³/mol. The summed E-state index contributed by atoms with van der Waals surface area (Å²) in [6.45, 7) is 3.84. The third kappa shape index (κ3) is 3.66. The van der Waals surface area contributed by atoms with E-state index in [9.17, 15) is 9.59 Å². The smallest absolute Gasteiger partial charge is 0.261 e. The molecule has 2 rings (SSSR count). The number of fused-ring (bicyclic) bond motifs is 1. The van der Waals surface area contributed by atoms with Crippen LogP contribution in [0.15, 0.2) is 6.07 Å². The summed E-state index contributed by atoms with van der Waals surface area (Å²) in [6.07, 6.45) is 5.91. The molecule has 1 N–H and O–H groups in total. The molecule has 0 aliphatic heterocycles. The van der Waals surface area contributed by atoms with Crippen molar-refractivity contribution in [2.24, 2.45) is 5.92 Å². The molecule has 0 spiro atoms. The number of hydrogen-bond donors (Lipinski definition) is 1. The minimum atomic E-state index is -0.105. The summed E-state index contributed by atoms with van der Waals surface area (Å²) in [5, 5.41) is 2.73. The van der Waals surface area contributed by atoms with Gasteiger partial charge in [0.2, 0.25) is 0 Å². The van der Waals surface area contributed by atoms with Gasteiger partial charge in [-0.25, -0.2) is 0 Å². The first-order chi connectivity index (χ1) is 9.08. The number of amides is 1. The van der Waals surface area contributed by atoms with Gasteiger partial charge in [-0.2, -0.15) is 0 Å². The van der Waals surface area contributed by atoms with Crippen LogP contribution >= 0.6 is 11.3 Å². The topological polar surface area (TPSA) is 46.2 Å². The van der Waals surface area contributed by atoms with Gasteiger partial charge in [0.15, 0.2) is 5.78 Å². The highest BCUT2D eigenvalue weighted by Gasteiger charge is 2.17. The van der Waals surface area contributed by atoms with Crippen molar-refractivity contribution < 1.29 is 9.59 Å². The van der Waals surface area contributed by atoms with Crippen molar-refractivity contribution in [3.05, 3.63) is 21.4 Å². The Kier molecular flexibility index (Phi) is 4.75. The Hall–Kier alpha value is -1.16. The number of carbonyl (C=O) groups excluding carboxylic acids is 2. The maximum Gasteiger partial charge on any atom is 0.261 e. The Balaban J connectivity index is 1.98. The number of nitrogens with one attached hydrogen (secondary N) is 1. The van der Waals surface area contributed by atoms with Crippen LogP contribution in [0.4, 0.5) is 0 Å². The fraction of sp³-hybridized carbons (Fsp3) is 0.600. The van der Waals surface area contributed by atoms with E-state index in [0.29, 0.717) is 0 Å². The van der Waals surface area contributed by atoms with Crippen LogP contribution in [-0.4, -0.2) is 18.2 Å². The van der Waals surface area contributed by atoms with Gasteiger partial charge in [-0.05, 0) is 37.3 Å². The summed E-state index contributed by atoms with van der Waals surface area (Å²) in [7, 11) is 0. The second-order valence-electron chi connectivity index (χ2n) is 5.42. The number of aryl methyl sites for hydroxylation is 2. The van der Waals surface area contributed by atoms with Crippen LogP contribution in [0.5, 0.6) is 0 Å². The van der Waals surface area contributed by atoms with Gasteiger partial charge in [0.1, 0.15) is 0 Å². The first kappa shape index (κ1) is 14.3. The van der Waals surface area contributed by atoms with Crippen molar-refractivity contribution in [2.75, 3.05) is 6.54 Å². The molecule has 0 fully saturated rings. The second kappa shape index (κ2) is 6.33. The summed E-state index contributed by atoms with van der Waals surface area (Å²) >= 11 is 1.59. The fourth-order valence-electron chi connectivity index (χ4n) is 2.24. The van der Waals surface area contributed by atoms with E-state index in [1.165, 1.54) is 29.7 Å². The number of rotatable bonds is 4. The summed E-state index contributed by atoms with van der Waals surface area (Å²) < 4.78 is 0. The second-order valence-corrected chi connectivity index (χ2v) is 6.56. The lowest BCUT2D eigenvalue weighted by Gasteiger charge is -2.05. The predicted octanol–water partition coefficient (Wildman–Crippen LogP) is 2.97. The van der Waals surface area contributed by atoms with E-state index in [4.69, 9.17) is 0 Å². The van der Waals surface area contributed by atoms with E-state index in [-0.39, 0.29) is 24.2 Å². The molecule has 0 unspecified atom stereocenters. The normalized spacial score (nSPS) is 14.9. The molecule has 1 aliphatic carbocycles. The Morgan fingerprint density at radius 1 is 1.26 bits per heavy atom. The molecule has 19 heavy (non-hydrogen) atoms. The van der Waals surface area contributed by atoms with Crippen LogP contribution in [0, 0.1) is 5.92 Å². The quantitative estimate of drug-likeness (QED) is 0.861. The lowest BCUT2D eigenvalue weighted by molar-refractivity contribution is -0.120. The molecular weight excluding hydrogens is 258 g/mol. The van der Waals surface area contributed by atoms with Crippen molar-refractivity contribution >= 4 is 23.0 Å². The van der Waals surface area contributed by atoms with Crippen LogP contribution in [-0.2, 0) is 17.6 Å². The molecular formula is C15H21NO2S. The molecule has 3 nitrogen and oxygen atoms in total. The molecule has 0 saturated heterocycles. The van der Waals surface area contributed by atoms with E-state index in [1.54, 1.807) is 11.3 Å². The highest BCUT2D eigenvalue weighted by molar-refractivity contribution is 7.14. The lowest BCUT2D eigenvalue weighted by atomic mass is 10.1. The zero-order chi connectivity index (χ0) is 13.8. The first-order valence-corrected chi connectivity index (χ1v) is 7.82. The van der Waals surface area contributed by atoms with Gasteiger partial charge in [-0.3, -0.25) is 9.59 Å². The summed E-state index contributed by atoms with van der Waals surface area (Å²) in [4.78, 5) is 25.6. The molecule has 104 valence electrons. The summed E-state index contributed by atoms with van der Waals surface area (Å²) in [6, 6.07) is 2.01. The van der Waals surface area contributed by atoms with Gasteiger partial charge >= 0.3 is 0 Å². The SMILES string of the molecule is CC(C)C(=O)CNC(=O)c1cc2c(s1)CCCCC2. The van der Waals surface area contributed by atoms with Gasteiger partial charge in [0.05, 0.1) is 11.4 Å². The zero-order valence-electron chi connectivity index (χ0n) is 11.6. The van der Waals surface area contributed by atoms with E-state index in [1.807, 2.05) is 19.9 Å². The van der Waals surface area contributed by atoms with Crippen molar-refractivity contribution in [3.63, 3.8) is 0 Å². The average molecular weight is 279 g/mol. The van der Waals surface area contributed by atoms with Crippen molar-refractivity contribution in [2.45, 2.75) is 46.0 Å². The minimum absolute atomic E-state index is 0.0275. The third-order valence-corrected chi connectivity index (χ3v) is 4.77. The Bertz CT molecular complexity index is 453. The van der Waals surface area contributed by atoms with Gasteiger partial charge in [0, 0.05) is 10.8 Å². The van der Waals surface area contributed by atoms with Crippen LogP contribution in [0.1, 0.15) is 53.2 Å². The van der Waals surface area contributed by atoms with Crippen molar-refractivity contribution in [1.29, 1.82) is 0 Å². The molecule has 1 aromatic heterocycles. The molecule has 0 saturated carbocycles. The third-order valence-electron chi connectivity index (χ3n) is 3.54. The zero-order valence-corrected chi connectivity index (χ0v) is 12.4. The molecule has 0 bridgehead atoms. The fourth-order valence-corrected chi connectivity index (χ4v) is 3.41. The molecule has 0 radical (unpaired) electrons. The highest BCUT2D eigenvalue weighted by Crippen LogP contribution is 2.28.